The molecule has 9 nitrogen and oxygen atoms in total. The second kappa shape index (κ2) is 8.91. The number of hydrogen-bond acceptors (Lipinski definition) is 6. The van der Waals surface area contributed by atoms with Gasteiger partial charge >= 0.3 is 0 Å². The summed E-state index contributed by atoms with van der Waals surface area (Å²) in [6, 6.07) is 9.46. The van der Waals surface area contributed by atoms with E-state index in [-0.39, 0.29) is 18.4 Å². The maximum Gasteiger partial charge on any atom is 0.274 e. The van der Waals surface area contributed by atoms with Crippen LogP contribution < -0.4 is 10.1 Å². The number of aromatic nitrogens is 3. The van der Waals surface area contributed by atoms with Crippen molar-refractivity contribution >= 4 is 17.6 Å². The SMILES string of the molecule is COc1ccccc1CCNC(=O)C1CN(C(=O)c2cn3cccnc3n2)CCO1. The number of benzene rings is 1. The molecule has 1 unspecified atom stereocenters. The molecule has 156 valence electrons. The highest BCUT2D eigenvalue weighted by molar-refractivity contribution is 5.93. The van der Waals surface area contributed by atoms with Gasteiger partial charge < -0.3 is 19.7 Å². The molecule has 1 fully saturated rings. The van der Waals surface area contributed by atoms with E-state index in [0.717, 1.165) is 11.3 Å². The van der Waals surface area contributed by atoms with E-state index in [1.165, 1.54) is 0 Å². The fourth-order valence-corrected chi connectivity index (χ4v) is 3.43. The van der Waals surface area contributed by atoms with Gasteiger partial charge in [-0.3, -0.25) is 14.0 Å². The van der Waals surface area contributed by atoms with Crippen LogP contribution in [0.4, 0.5) is 0 Å². The van der Waals surface area contributed by atoms with Crippen LogP contribution in [0, 0.1) is 0 Å². The summed E-state index contributed by atoms with van der Waals surface area (Å²) in [6.45, 7) is 1.33. The smallest absolute Gasteiger partial charge is 0.274 e. The van der Waals surface area contributed by atoms with Crippen LogP contribution in [0.5, 0.6) is 5.75 Å². The minimum atomic E-state index is -0.712. The van der Waals surface area contributed by atoms with Gasteiger partial charge in [-0.1, -0.05) is 18.2 Å². The Balaban J connectivity index is 1.33. The van der Waals surface area contributed by atoms with Gasteiger partial charge in [0.25, 0.3) is 11.8 Å². The lowest BCUT2D eigenvalue weighted by atomic mass is 10.1. The number of rotatable bonds is 6. The molecule has 0 bridgehead atoms. The van der Waals surface area contributed by atoms with Gasteiger partial charge in [0.2, 0.25) is 5.78 Å². The summed E-state index contributed by atoms with van der Waals surface area (Å²) in [7, 11) is 1.62. The Hall–Kier alpha value is -3.46. The highest BCUT2D eigenvalue weighted by Crippen LogP contribution is 2.17. The Morgan fingerprint density at radius 3 is 3.00 bits per heavy atom. The minimum Gasteiger partial charge on any atom is -0.496 e. The molecule has 0 saturated carbocycles. The van der Waals surface area contributed by atoms with Gasteiger partial charge in [0.1, 0.15) is 11.4 Å². The van der Waals surface area contributed by atoms with Crippen LogP contribution in [0.15, 0.2) is 48.9 Å². The van der Waals surface area contributed by atoms with E-state index in [4.69, 9.17) is 9.47 Å². The topological polar surface area (TPSA) is 98.1 Å². The molecule has 30 heavy (non-hydrogen) atoms. The second-order valence-corrected chi connectivity index (χ2v) is 6.92. The largest absolute Gasteiger partial charge is 0.496 e. The molecule has 1 N–H and O–H groups in total. The van der Waals surface area contributed by atoms with E-state index in [0.29, 0.717) is 37.6 Å². The highest BCUT2D eigenvalue weighted by Gasteiger charge is 2.30. The third-order valence-electron chi connectivity index (χ3n) is 4.99. The van der Waals surface area contributed by atoms with Crippen LogP contribution in [0.25, 0.3) is 5.78 Å². The quantitative estimate of drug-likeness (QED) is 0.651. The first-order chi connectivity index (χ1) is 14.7. The summed E-state index contributed by atoms with van der Waals surface area (Å²) in [5.74, 6) is 0.772. The van der Waals surface area contributed by atoms with Crippen molar-refractivity contribution < 1.29 is 19.1 Å². The third-order valence-corrected chi connectivity index (χ3v) is 4.99. The molecule has 0 aliphatic carbocycles. The van der Waals surface area contributed by atoms with E-state index < -0.39 is 6.10 Å². The Morgan fingerprint density at radius 2 is 2.17 bits per heavy atom. The maximum atomic E-state index is 12.8. The maximum absolute atomic E-state index is 12.8. The first kappa shape index (κ1) is 19.8. The molecule has 0 spiro atoms. The molecule has 1 aliphatic rings. The third kappa shape index (κ3) is 4.25. The van der Waals surface area contributed by atoms with Crippen LogP contribution in [0.3, 0.4) is 0 Å². The van der Waals surface area contributed by atoms with Crippen molar-refractivity contribution in [3.8, 4) is 5.75 Å². The summed E-state index contributed by atoms with van der Waals surface area (Å²) < 4.78 is 12.6. The summed E-state index contributed by atoms with van der Waals surface area (Å²) in [5, 5.41) is 2.89. The predicted molar refractivity (Wildman–Crippen MR) is 108 cm³/mol. The molecule has 3 heterocycles. The van der Waals surface area contributed by atoms with E-state index in [1.807, 2.05) is 24.3 Å². The van der Waals surface area contributed by atoms with Crippen LogP contribution in [0.2, 0.25) is 0 Å². The number of fused-ring (bicyclic) bond motifs is 1. The lowest BCUT2D eigenvalue weighted by Gasteiger charge is -2.31. The summed E-state index contributed by atoms with van der Waals surface area (Å²) in [5.41, 5.74) is 1.31. The van der Waals surface area contributed by atoms with Crippen LogP contribution in [-0.2, 0) is 16.0 Å². The van der Waals surface area contributed by atoms with Gasteiger partial charge in [0, 0.05) is 31.7 Å². The van der Waals surface area contributed by atoms with Gasteiger partial charge in [-0.15, -0.1) is 0 Å². The lowest BCUT2D eigenvalue weighted by molar-refractivity contribution is -0.137. The van der Waals surface area contributed by atoms with Gasteiger partial charge in [0.05, 0.1) is 20.3 Å². The van der Waals surface area contributed by atoms with Gasteiger partial charge in [-0.05, 0) is 24.1 Å². The summed E-state index contributed by atoms with van der Waals surface area (Å²) >= 11 is 0. The number of amides is 2. The van der Waals surface area contributed by atoms with Crippen molar-refractivity contribution in [3.63, 3.8) is 0 Å². The number of ether oxygens (including phenoxy) is 2. The molecule has 2 amide bonds. The number of nitrogens with zero attached hydrogens (tertiary/aromatic N) is 4. The van der Waals surface area contributed by atoms with E-state index in [2.05, 4.69) is 15.3 Å². The Morgan fingerprint density at radius 1 is 1.30 bits per heavy atom. The fourth-order valence-electron chi connectivity index (χ4n) is 3.43. The zero-order chi connectivity index (χ0) is 20.9. The van der Waals surface area contributed by atoms with Gasteiger partial charge in [-0.2, -0.15) is 0 Å². The number of methoxy groups -OCH3 is 1. The molecule has 3 aromatic rings. The monoisotopic (exact) mass is 409 g/mol. The summed E-state index contributed by atoms with van der Waals surface area (Å²) in [6.07, 6.45) is 4.97. The number of nitrogens with one attached hydrogen (secondary N) is 1. The van der Waals surface area contributed by atoms with Crippen molar-refractivity contribution in [2.45, 2.75) is 12.5 Å². The molecule has 1 atom stereocenters. The minimum absolute atomic E-state index is 0.181. The summed E-state index contributed by atoms with van der Waals surface area (Å²) in [4.78, 5) is 35.4. The Kier molecular flexibility index (Phi) is 5.89. The first-order valence-corrected chi connectivity index (χ1v) is 9.76. The van der Waals surface area contributed by atoms with Crippen LogP contribution in [-0.4, -0.2) is 70.5 Å². The average molecular weight is 409 g/mol. The number of imidazole rings is 1. The number of hydrogen-bond donors (Lipinski definition) is 1. The van der Waals surface area contributed by atoms with Gasteiger partial charge in [0.15, 0.2) is 6.10 Å². The molecule has 4 rings (SSSR count). The van der Waals surface area contributed by atoms with Crippen molar-refractivity contribution in [1.29, 1.82) is 0 Å². The molecule has 2 aromatic heterocycles. The van der Waals surface area contributed by atoms with Crippen molar-refractivity contribution in [1.82, 2.24) is 24.6 Å². The molecule has 9 heteroatoms. The zero-order valence-corrected chi connectivity index (χ0v) is 16.7. The van der Waals surface area contributed by atoms with Crippen LogP contribution >= 0.6 is 0 Å². The van der Waals surface area contributed by atoms with Crippen molar-refractivity contribution in [2.24, 2.45) is 0 Å². The van der Waals surface area contributed by atoms with E-state index in [1.54, 1.807) is 41.1 Å². The molecule has 1 aromatic carbocycles. The molecule has 1 saturated heterocycles. The van der Waals surface area contributed by atoms with Crippen molar-refractivity contribution in [3.05, 3.63) is 60.2 Å². The standard InChI is InChI=1S/C21H23N5O4/c1-29-17-6-3-2-5-15(17)7-9-22-19(27)18-14-25(11-12-30-18)20(28)16-13-26-10-4-8-23-21(26)24-16/h2-6,8,10,13,18H,7,9,11-12,14H2,1H3,(H,22,27). The molecular weight excluding hydrogens is 386 g/mol. The van der Waals surface area contributed by atoms with E-state index in [9.17, 15) is 9.59 Å². The highest BCUT2D eigenvalue weighted by atomic mass is 16.5. The number of para-hydroxylation sites is 1. The second-order valence-electron chi connectivity index (χ2n) is 6.92. The average Bonchev–Trinajstić information content (AvgIpc) is 3.23. The van der Waals surface area contributed by atoms with Crippen molar-refractivity contribution in [2.75, 3.05) is 33.4 Å². The number of morpholine rings is 1. The normalized spacial score (nSPS) is 16.4. The lowest BCUT2D eigenvalue weighted by Crippen LogP contribution is -2.51. The molecule has 0 radical (unpaired) electrons. The molecular formula is C21H23N5O4. The first-order valence-electron chi connectivity index (χ1n) is 9.76. The Labute approximate surface area is 173 Å². The molecule has 1 aliphatic heterocycles. The van der Waals surface area contributed by atoms with E-state index >= 15 is 0 Å². The van der Waals surface area contributed by atoms with Gasteiger partial charge in [-0.25, -0.2) is 9.97 Å². The zero-order valence-electron chi connectivity index (χ0n) is 16.7. The fraction of sp³-hybridized carbons (Fsp3) is 0.333. The van der Waals surface area contributed by atoms with Crippen LogP contribution in [0.1, 0.15) is 16.1 Å². The Bertz CT molecular complexity index is 1020. The number of carbonyl (C=O) groups excluding carboxylic acids is 2. The number of carbonyl (C=O) groups is 2. The predicted octanol–water partition coefficient (Wildman–Crippen LogP) is 0.938.